The van der Waals surface area contributed by atoms with E-state index in [1.807, 2.05) is 19.1 Å². The summed E-state index contributed by atoms with van der Waals surface area (Å²) >= 11 is 9.92. The Balaban J connectivity index is 1.87. The second-order valence-corrected chi connectivity index (χ2v) is 15.5. The van der Waals surface area contributed by atoms with Gasteiger partial charge in [0.25, 0.3) is 0 Å². The SMILES string of the molecule is CC1(O)CC(c2nc3c(Cl)cc(Br)cc3n2COCC[Si](C)(C)C)C1. The van der Waals surface area contributed by atoms with Crippen molar-refractivity contribution in [2.75, 3.05) is 6.61 Å². The van der Waals surface area contributed by atoms with E-state index in [1.165, 1.54) is 0 Å². The summed E-state index contributed by atoms with van der Waals surface area (Å²) in [5, 5.41) is 10.8. The van der Waals surface area contributed by atoms with E-state index in [2.05, 4.69) is 40.1 Å². The summed E-state index contributed by atoms with van der Waals surface area (Å²) in [6.07, 6.45) is 1.45. The molecule has 1 N–H and O–H groups in total. The summed E-state index contributed by atoms with van der Waals surface area (Å²) in [4.78, 5) is 4.80. The average Bonchev–Trinajstić information content (AvgIpc) is 2.78. The van der Waals surface area contributed by atoms with Crippen LogP contribution in [-0.2, 0) is 11.5 Å². The molecule has 1 aromatic heterocycles. The zero-order valence-electron chi connectivity index (χ0n) is 15.3. The van der Waals surface area contributed by atoms with Crippen molar-refractivity contribution in [3.63, 3.8) is 0 Å². The molecular formula is C18H26BrClN2O2Si. The molecule has 7 heteroatoms. The lowest BCUT2D eigenvalue weighted by atomic mass is 9.72. The van der Waals surface area contributed by atoms with Gasteiger partial charge in [-0.05, 0) is 37.9 Å². The van der Waals surface area contributed by atoms with Crippen molar-refractivity contribution in [3.05, 3.63) is 27.5 Å². The molecule has 138 valence electrons. The van der Waals surface area contributed by atoms with E-state index in [4.69, 9.17) is 21.3 Å². The maximum absolute atomic E-state index is 10.1. The Morgan fingerprint density at radius 3 is 2.68 bits per heavy atom. The monoisotopic (exact) mass is 444 g/mol. The van der Waals surface area contributed by atoms with Gasteiger partial charge in [0, 0.05) is 25.1 Å². The maximum Gasteiger partial charge on any atom is 0.124 e. The number of halogens is 2. The number of nitrogens with zero attached hydrogens (tertiary/aromatic N) is 2. The molecule has 0 bridgehead atoms. The van der Waals surface area contributed by atoms with Gasteiger partial charge >= 0.3 is 0 Å². The van der Waals surface area contributed by atoms with Crippen LogP contribution in [0.1, 0.15) is 31.5 Å². The molecule has 4 nitrogen and oxygen atoms in total. The number of benzene rings is 1. The summed E-state index contributed by atoms with van der Waals surface area (Å²) in [6, 6.07) is 5.04. The van der Waals surface area contributed by atoms with Crippen molar-refractivity contribution in [1.29, 1.82) is 0 Å². The van der Waals surface area contributed by atoms with E-state index >= 15 is 0 Å². The van der Waals surface area contributed by atoms with Crippen LogP contribution in [0.5, 0.6) is 0 Å². The van der Waals surface area contributed by atoms with Gasteiger partial charge in [0.05, 0.1) is 16.1 Å². The fourth-order valence-corrected chi connectivity index (χ4v) is 4.92. The van der Waals surface area contributed by atoms with Crippen LogP contribution in [0.25, 0.3) is 11.0 Å². The normalized spacial score (nSPS) is 23.9. The standard InChI is InChI=1S/C18H26BrClN2O2Si/c1-18(23)9-12(10-18)17-21-16-14(20)7-13(19)8-15(16)22(17)11-24-5-6-25(2,3)4/h7-8,12,23H,5-6,9-11H2,1-4H3. The van der Waals surface area contributed by atoms with Crippen LogP contribution in [0.2, 0.25) is 30.7 Å². The molecule has 1 aliphatic carbocycles. The third-order valence-electron chi connectivity index (χ3n) is 4.76. The van der Waals surface area contributed by atoms with E-state index in [-0.39, 0.29) is 5.92 Å². The number of hydrogen-bond donors (Lipinski definition) is 1. The molecule has 1 saturated carbocycles. The molecule has 3 rings (SSSR count). The highest BCUT2D eigenvalue weighted by atomic mass is 79.9. The molecule has 0 unspecified atom stereocenters. The Kier molecular flexibility index (Phi) is 5.39. The van der Waals surface area contributed by atoms with Crippen LogP contribution in [-0.4, -0.2) is 34.9 Å². The van der Waals surface area contributed by atoms with Gasteiger partial charge in [-0.3, -0.25) is 0 Å². The fraction of sp³-hybridized carbons (Fsp3) is 0.611. The molecule has 0 aliphatic heterocycles. The third kappa shape index (κ3) is 4.47. The summed E-state index contributed by atoms with van der Waals surface area (Å²) in [6.45, 7) is 10.2. The minimum absolute atomic E-state index is 0.248. The Morgan fingerprint density at radius 2 is 2.08 bits per heavy atom. The fourth-order valence-electron chi connectivity index (χ4n) is 3.33. The van der Waals surface area contributed by atoms with Gasteiger partial charge in [0.15, 0.2) is 0 Å². The Bertz CT molecular complexity index is 777. The minimum Gasteiger partial charge on any atom is -0.390 e. The Labute approximate surface area is 163 Å². The molecule has 0 amide bonds. The zero-order valence-corrected chi connectivity index (χ0v) is 18.6. The van der Waals surface area contributed by atoms with Crippen molar-refractivity contribution in [1.82, 2.24) is 9.55 Å². The van der Waals surface area contributed by atoms with Crippen molar-refractivity contribution in [2.24, 2.45) is 0 Å². The summed E-state index contributed by atoms with van der Waals surface area (Å²) < 4.78 is 9.04. The van der Waals surface area contributed by atoms with Gasteiger partial charge in [0.1, 0.15) is 18.1 Å². The Hall–Kier alpha value is -0.403. The van der Waals surface area contributed by atoms with Gasteiger partial charge in [0.2, 0.25) is 0 Å². The lowest BCUT2D eigenvalue weighted by Crippen LogP contribution is -2.40. The van der Waals surface area contributed by atoms with Gasteiger partial charge < -0.3 is 14.4 Å². The molecule has 0 spiro atoms. The van der Waals surface area contributed by atoms with Crippen molar-refractivity contribution >= 4 is 46.6 Å². The highest BCUT2D eigenvalue weighted by molar-refractivity contribution is 9.10. The highest BCUT2D eigenvalue weighted by Gasteiger charge is 2.41. The molecule has 1 aliphatic rings. The number of aliphatic hydroxyl groups is 1. The van der Waals surface area contributed by atoms with E-state index < -0.39 is 13.7 Å². The van der Waals surface area contributed by atoms with Crippen LogP contribution in [0.4, 0.5) is 0 Å². The lowest BCUT2D eigenvalue weighted by Gasteiger charge is -2.40. The minimum atomic E-state index is -1.11. The van der Waals surface area contributed by atoms with Gasteiger partial charge in [-0.15, -0.1) is 0 Å². The molecular weight excluding hydrogens is 420 g/mol. The third-order valence-corrected chi connectivity index (χ3v) is 7.21. The van der Waals surface area contributed by atoms with E-state index in [0.717, 1.165) is 46.8 Å². The predicted molar refractivity (Wildman–Crippen MR) is 109 cm³/mol. The smallest absolute Gasteiger partial charge is 0.124 e. The first-order valence-corrected chi connectivity index (χ1v) is 13.6. The number of ether oxygens (including phenoxy) is 1. The second kappa shape index (κ2) is 6.96. The number of imidazole rings is 1. The summed E-state index contributed by atoms with van der Waals surface area (Å²) in [7, 11) is -1.11. The summed E-state index contributed by atoms with van der Waals surface area (Å²) in [5.74, 6) is 1.22. The van der Waals surface area contributed by atoms with Crippen LogP contribution >= 0.6 is 27.5 Å². The van der Waals surface area contributed by atoms with Crippen molar-refractivity contribution < 1.29 is 9.84 Å². The average molecular weight is 446 g/mol. The van der Waals surface area contributed by atoms with E-state index in [0.29, 0.717) is 11.8 Å². The first kappa shape index (κ1) is 19.4. The highest BCUT2D eigenvalue weighted by Crippen LogP contribution is 2.45. The zero-order chi connectivity index (χ0) is 18.4. The van der Waals surface area contributed by atoms with Crippen LogP contribution in [0.15, 0.2) is 16.6 Å². The molecule has 0 saturated heterocycles. The number of aromatic nitrogens is 2. The number of fused-ring (bicyclic) bond motifs is 1. The molecule has 2 aromatic rings. The second-order valence-electron chi connectivity index (χ2n) is 8.60. The van der Waals surface area contributed by atoms with Gasteiger partial charge in [-0.2, -0.15) is 0 Å². The molecule has 1 heterocycles. The summed E-state index contributed by atoms with van der Waals surface area (Å²) in [5.41, 5.74) is 1.20. The van der Waals surface area contributed by atoms with E-state index in [1.54, 1.807) is 0 Å². The predicted octanol–water partition coefficient (Wildman–Crippen LogP) is 5.39. The quantitative estimate of drug-likeness (QED) is 0.479. The van der Waals surface area contributed by atoms with Crippen molar-refractivity contribution in [3.8, 4) is 0 Å². The van der Waals surface area contributed by atoms with E-state index in [9.17, 15) is 5.11 Å². The number of hydrogen-bond acceptors (Lipinski definition) is 3. The molecule has 1 fully saturated rings. The van der Waals surface area contributed by atoms with Crippen LogP contribution in [0.3, 0.4) is 0 Å². The first-order valence-electron chi connectivity index (χ1n) is 8.71. The molecule has 1 aromatic carbocycles. The van der Waals surface area contributed by atoms with Crippen molar-refractivity contribution in [2.45, 2.75) is 63.7 Å². The lowest BCUT2D eigenvalue weighted by molar-refractivity contribution is -0.0357. The largest absolute Gasteiger partial charge is 0.390 e. The molecule has 25 heavy (non-hydrogen) atoms. The molecule has 0 radical (unpaired) electrons. The van der Waals surface area contributed by atoms with Crippen LogP contribution in [0, 0.1) is 0 Å². The van der Waals surface area contributed by atoms with Gasteiger partial charge in [-0.1, -0.05) is 47.2 Å². The topological polar surface area (TPSA) is 47.3 Å². The van der Waals surface area contributed by atoms with Crippen LogP contribution < -0.4 is 0 Å². The van der Waals surface area contributed by atoms with Gasteiger partial charge in [-0.25, -0.2) is 4.98 Å². The molecule has 0 atom stereocenters. The maximum atomic E-state index is 10.1. The Morgan fingerprint density at radius 1 is 1.40 bits per heavy atom. The first-order chi connectivity index (χ1) is 11.6. The number of rotatable bonds is 6.